The van der Waals surface area contributed by atoms with E-state index < -0.39 is 0 Å². The minimum Gasteiger partial charge on any atom is -0.492 e. The van der Waals surface area contributed by atoms with E-state index in [-0.39, 0.29) is 5.92 Å². The van der Waals surface area contributed by atoms with Gasteiger partial charge in [0.15, 0.2) is 0 Å². The Hall–Kier alpha value is -1.53. The third kappa shape index (κ3) is 4.57. The number of benzene rings is 1. The summed E-state index contributed by atoms with van der Waals surface area (Å²) >= 11 is 0. The van der Waals surface area contributed by atoms with E-state index in [1.54, 1.807) is 0 Å². The highest BCUT2D eigenvalue weighted by Crippen LogP contribution is 2.22. The number of nitriles is 1. The molecule has 0 heterocycles. The highest BCUT2D eigenvalue weighted by atomic mass is 16.5. The number of hydrogen-bond acceptors (Lipinski definition) is 3. The summed E-state index contributed by atoms with van der Waals surface area (Å²) in [5.41, 5.74) is 0. The smallest absolute Gasteiger partial charge is 0.119 e. The van der Waals surface area contributed by atoms with Crippen molar-refractivity contribution in [3.63, 3.8) is 0 Å². The van der Waals surface area contributed by atoms with Gasteiger partial charge in [-0.15, -0.1) is 0 Å². The van der Waals surface area contributed by atoms with Crippen LogP contribution in [0.3, 0.4) is 0 Å². The topological polar surface area (TPSA) is 45.0 Å². The average molecular weight is 258 g/mol. The predicted molar refractivity (Wildman–Crippen MR) is 75.9 cm³/mol. The summed E-state index contributed by atoms with van der Waals surface area (Å²) in [4.78, 5) is 0. The molecule has 1 saturated carbocycles. The molecule has 2 unspecified atom stereocenters. The van der Waals surface area contributed by atoms with Crippen molar-refractivity contribution in [3.05, 3.63) is 30.3 Å². The van der Waals surface area contributed by atoms with Gasteiger partial charge in [-0.1, -0.05) is 37.5 Å². The molecule has 1 aliphatic rings. The highest BCUT2D eigenvalue weighted by molar-refractivity contribution is 5.20. The van der Waals surface area contributed by atoms with E-state index in [0.29, 0.717) is 12.6 Å². The minimum atomic E-state index is 0.166. The molecule has 1 aromatic carbocycles. The summed E-state index contributed by atoms with van der Waals surface area (Å²) < 4.78 is 5.65. The maximum Gasteiger partial charge on any atom is 0.119 e. The lowest BCUT2D eigenvalue weighted by molar-refractivity contribution is 0.291. The number of nitrogens with zero attached hydrogens (tertiary/aromatic N) is 1. The first-order valence-corrected chi connectivity index (χ1v) is 7.21. The Labute approximate surface area is 115 Å². The van der Waals surface area contributed by atoms with Crippen LogP contribution in [0, 0.1) is 17.2 Å². The van der Waals surface area contributed by atoms with Crippen molar-refractivity contribution in [2.45, 2.75) is 38.1 Å². The second-order valence-corrected chi connectivity index (χ2v) is 5.10. The van der Waals surface area contributed by atoms with Crippen molar-refractivity contribution >= 4 is 0 Å². The van der Waals surface area contributed by atoms with Gasteiger partial charge in [-0.05, 0) is 25.0 Å². The van der Waals surface area contributed by atoms with Crippen LogP contribution in [0.5, 0.6) is 5.75 Å². The number of nitrogens with one attached hydrogen (secondary N) is 1. The molecule has 3 heteroatoms. The largest absolute Gasteiger partial charge is 0.492 e. The molecule has 0 amide bonds. The average Bonchev–Trinajstić information content (AvgIpc) is 2.69. The van der Waals surface area contributed by atoms with E-state index in [1.807, 2.05) is 30.3 Å². The van der Waals surface area contributed by atoms with Crippen molar-refractivity contribution in [1.29, 1.82) is 5.26 Å². The third-order valence-electron chi connectivity index (χ3n) is 3.70. The molecule has 1 fully saturated rings. The van der Waals surface area contributed by atoms with Gasteiger partial charge in [-0.2, -0.15) is 5.26 Å². The fourth-order valence-electron chi connectivity index (χ4n) is 2.64. The van der Waals surface area contributed by atoms with Crippen LogP contribution in [0.4, 0.5) is 0 Å². The second-order valence-electron chi connectivity index (χ2n) is 5.10. The van der Waals surface area contributed by atoms with E-state index >= 15 is 0 Å². The van der Waals surface area contributed by atoms with Crippen molar-refractivity contribution < 1.29 is 4.74 Å². The maximum atomic E-state index is 9.20. The zero-order valence-electron chi connectivity index (χ0n) is 11.3. The zero-order valence-corrected chi connectivity index (χ0v) is 11.3. The van der Waals surface area contributed by atoms with Crippen molar-refractivity contribution in [2.75, 3.05) is 13.2 Å². The summed E-state index contributed by atoms with van der Waals surface area (Å²) in [6, 6.07) is 12.6. The monoisotopic (exact) mass is 258 g/mol. The molecule has 0 aliphatic heterocycles. The molecule has 1 N–H and O–H groups in total. The second kappa shape index (κ2) is 7.81. The molecule has 102 valence electrons. The van der Waals surface area contributed by atoms with Gasteiger partial charge in [0, 0.05) is 12.6 Å². The lowest BCUT2D eigenvalue weighted by Gasteiger charge is -2.20. The maximum absolute atomic E-state index is 9.20. The Kier molecular flexibility index (Phi) is 5.71. The number of rotatable bonds is 5. The fraction of sp³-hybridized carbons (Fsp3) is 0.562. The van der Waals surface area contributed by atoms with Gasteiger partial charge < -0.3 is 10.1 Å². The summed E-state index contributed by atoms with van der Waals surface area (Å²) in [6.45, 7) is 1.45. The van der Waals surface area contributed by atoms with Gasteiger partial charge in [0.2, 0.25) is 0 Å². The van der Waals surface area contributed by atoms with Crippen LogP contribution in [0.2, 0.25) is 0 Å². The highest BCUT2D eigenvalue weighted by Gasteiger charge is 2.22. The predicted octanol–water partition coefficient (Wildman–Crippen LogP) is 3.13. The molecular formula is C16H22N2O. The third-order valence-corrected chi connectivity index (χ3v) is 3.70. The van der Waals surface area contributed by atoms with E-state index in [1.165, 1.54) is 19.3 Å². The summed E-state index contributed by atoms with van der Waals surface area (Å²) in [5.74, 6) is 1.07. The van der Waals surface area contributed by atoms with Gasteiger partial charge in [-0.3, -0.25) is 0 Å². The fourth-order valence-corrected chi connectivity index (χ4v) is 2.64. The first-order valence-electron chi connectivity index (χ1n) is 7.21. The normalized spacial score (nSPS) is 23.3. The number of ether oxygens (including phenoxy) is 1. The van der Waals surface area contributed by atoms with E-state index in [9.17, 15) is 5.26 Å². The molecule has 0 saturated heterocycles. The molecule has 19 heavy (non-hydrogen) atoms. The lowest BCUT2D eigenvalue weighted by atomic mass is 9.96. The van der Waals surface area contributed by atoms with Crippen LogP contribution in [0.15, 0.2) is 30.3 Å². The molecule has 1 aliphatic carbocycles. The molecule has 2 rings (SSSR count). The molecule has 3 nitrogen and oxygen atoms in total. The lowest BCUT2D eigenvalue weighted by Crippen LogP contribution is -2.37. The molecule has 0 radical (unpaired) electrons. The quantitative estimate of drug-likeness (QED) is 0.652. The van der Waals surface area contributed by atoms with Crippen LogP contribution in [-0.4, -0.2) is 19.2 Å². The SMILES string of the molecule is N#CC1CCCCCC1NCCOc1ccccc1. The summed E-state index contributed by atoms with van der Waals surface area (Å²) in [6.07, 6.45) is 5.83. The molecule has 2 atom stereocenters. The van der Waals surface area contributed by atoms with Gasteiger partial charge in [-0.25, -0.2) is 0 Å². The first-order chi connectivity index (χ1) is 9.40. The Morgan fingerprint density at radius 1 is 1.16 bits per heavy atom. The molecule has 0 bridgehead atoms. The Morgan fingerprint density at radius 2 is 1.95 bits per heavy atom. The van der Waals surface area contributed by atoms with Gasteiger partial charge in [0.25, 0.3) is 0 Å². The molecule has 1 aromatic rings. The first kappa shape index (κ1) is 13.9. The number of hydrogen-bond donors (Lipinski definition) is 1. The van der Waals surface area contributed by atoms with Crippen molar-refractivity contribution in [3.8, 4) is 11.8 Å². The van der Waals surface area contributed by atoms with Crippen LogP contribution >= 0.6 is 0 Å². The Morgan fingerprint density at radius 3 is 2.74 bits per heavy atom. The van der Waals surface area contributed by atoms with E-state index in [2.05, 4.69) is 11.4 Å². The summed E-state index contributed by atoms with van der Waals surface area (Å²) in [5, 5.41) is 12.7. The Bertz CT molecular complexity index is 399. The van der Waals surface area contributed by atoms with Crippen LogP contribution in [0.1, 0.15) is 32.1 Å². The molecule has 0 aromatic heterocycles. The standard InChI is InChI=1S/C16H22N2O/c17-13-14-7-3-1-6-10-16(14)18-11-12-19-15-8-4-2-5-9-15/h2,4-5,8-9,14,16,18H,1,3,6-7,10-12H2. The van der Waals surface area contributed by atoms with Crippen molar-refractivity contribution in [2.24, 2.45) is 5.92 Å². The number of para-hydroxylation sites is 1. The van der Waals surface area contributed by atoms with Gasteiger partial charge in [0.1, 0.15) is 12.4 Å². The van der Waals surface area contributed by atoms with E-state index in [4.69, 9.17) is 4.74 Å². The van der Waals surface area contributed by atoms with Crippen LogP contribution in [-0.2, 0) is 0 Å². The van der Waals surface area contributed by atoms with Gasteiger partial charge in [0.05, 0.1) is 12.0 Å². The van der Waals surface area contributed by atoms with E-state index in [0.717, 1.165) is 25.1 Å². The Balaban J connectivity index is 1.70. The molecular weight excluding hydrogens is 236 g/mol. The van der Waals surface area contributed by atoms with Crippen LogP contribution < -0.4 is 10.1 Å². The van der Waals surface area contributed by atoms with Crippen LogP contribution in [0.25, 0.3) is 0 Å². The van der Waals surface area contributed by atoms with Crippen molar-refractivity contribution in [1.82, 2.24) is 5.32 Å². The minimum absolute atomic E-state index is 0.166. The summed E-state index contributed by atoms with van der Waals surface area (Å²) in [7, 11) is 0. The zero-order chi connectivity index (χ0) is 13.3. The van der Waals surface area contributed by atoms with Gasteiger partial charge >= 0.3 is 0 Å². The molecule has 0 spiro atoms.